The number of carbonyl (C=O) groups is 2. The van der Waals surface area contributed by atoms with E-state index in [1.165, 1.54) is 0 Å². The monoisotopic (exact) mass is 430 g/mol. The Bertz CT molecular complexity index is 1230. The van der Waals surface area contributed by atoms with Crippen molar-refractivity contribution in [3.63, 3.8) is 0 Å². The van der Waals surface area contributed by atoms with E-state index in [9.17, 15) is 9.59 Å². The molecule has 1 saturated heterocycles. The van der Waals surface area contributed by atoms with Gasteiger partial charge in [0.05, 0.1) is 11.6 Å². The molecular formula is C24H19ClN4O2. The third-order valence-electron chi connectivity index (χ3n) is 5.45. The van der Waals surface area contributed by atoms with Crippen molar-refractivity contribution in [2.24, 2.45) is 5.92 Å². The van der Waals surface area contributed by atoms with Gasteiger partial charge in [-0.25, -0.2) is 4.98 Å². The van der Waals surface area contributed by atoms with Crippen LogP contribution in [0.25, 0.3) is 16.9 Å². The lowest BCUT2D eigenvalue weighted by Crippen LogP contribution is -2.28. The van der Waals surface area contributed by atoms with Crippen molar-refractivity contribution in [1.29, 1.82) is 0 Å². The average molecular weight is 431 g/mol. The largest absolute Gasteiger partial charge is 0.326 e. The molecule has 2 aromatic carbocycles. The first-order valence-electron chi connectivity index (χ1n) is 9.98. The van der Waals surface area contributed by atoms with E-state index in [0.717, 1.165) is 22.6 Å². The number of aromatic nitrogens is 2. The van der Waals surface area contributed by atoms with Gasteiger partial charge in [0.25, 0.3) is 0 Å². The molecule has 154 valence electrons. The van der Waals surface area contributed by atoms with Crippen LogP contribution in [0.2, 0.25) is 5.02 Å². The molecule has 7 heteroatoms. The van der Waals surface area contributed by atoms with Crippen LogP contribution in [0.5, 0.6) is 0 Å². The smallest absolute Gasteiger partial charge is 0.229 e. The van der Waals surface area contributed by atoms with Crippen molar-refractivity contribution in [3.05, 3.63) is 84.1 Å². The summed E-state index contributed by atoms with van der Waals surface area (Å²) in [5.41, 5.74) is 4.15. The molecule has 5 rings (SSSR count). The van der Waals surface area contributed by atoms with Crippen LogP contribution in [0.15, 0.2) is 79.1 Å². The summed E-state index contributed by atoms with van der Waals surface area (Å²) in [5, 5.41) is 3.53. The molecule has 0 unspecified atom stereocenters. The summed E-state index contributed by atoms with van der Waals surface area (Å²) in [5.74, 6) is -0.628. The Kier molecular flexibility index (Phi) is 4.92. The highest BCUT2D eigenvalue weighted by Gasteiger charge is 2.35. The minimum absolute atomic E-state index is 0.0651. The Balaban J connectivity index is 1.26. The minimum atomic E-state index is -0.402. The van der Waals surface area contributed by atoms with Crippen LogP contribution < -0.4 is 10.2 Å². The van der Waals surface area contributed by atoms with Gasteiger partial charge in [0.15, 0.2) is 0 Å². The predicted molar refractivity (Wildman–Crippen MR) is 121 cm³/mol. The summed E-state index contributed by atoms with van der Waals surface area (Å²) >= 11 is 5.92. The second-order valence-corrected chi connectivity index (χ2v) is 7.98. The van der Waals surface area contributed by atoms with E-state index < -0.39 is 5.92 Å². The summed E-state index contributed by atoms with van der Waals surface area (Å²) in [6, 6.07) is 20.5. The Morgan fingerprint density at radius 1 is 1.03 bits per heavy atom. The molecule has 6 nitrogen and oxygen atoms in total. The lowest BCUT2D eigenvalue weighted by Gasteiger charge is -2.16. The van der Waals surface area contributed by atoms with Crippen LogP contribution >= 0.6 is 11.6 Å². The number of carbonyl (C=O) groups excluding carboxylic acids is 2. The Morgan fingerprint density at radius 2 is 1.81 bits per heavy atom. The van der Waals surface area contributed by atoms with Crippen LogP contribution in [0.1, 0.15) is 6.42 Å². The van der Waals surface area contributed by atoms with Crippen molar-refractivity contribution in [2.45, 2.75) is 6.42 Å². The molecule has 2 amide bonds. The first kappa shape index (κ1) is 19.3. The van der Waals surface area contributed by atoms with Gasteiger partial charge in [0.2, 0.25) is 11.8 Å². The number of hydrogen-bond acceptors (Lipinski definition) is 3. The van der Waals surface area contributed by atoms with Crippen LogP contribution in [-0.4, -0.2) is 27.7 Å². The molecule has 3 heterocycles. The van der Waals surface area contributed by atoms with E-state index in [1.807, 2.05) is 59.3 Å². The first-order valence-corrected chi connectivity index (χ1v) is 10.4. The van der Waals surface area contributed by atoms with E-state index in [2.05, 4.69) is 10.3 Å². The number of nitrogens with zero attached hydrogens (tertiary/aromatic N) is 3. The Labute approximate surface area is 184 Å². The van der Waals surface area contributed by atoms with Crippen molar-refractivity contribution in [1.82, 2.24) is 9.38 Å². The highest BCUT2D eigenvalue weighted by molar-refractivity contribution is 6.30. The zero-order valence-corrected chi connectivity index (χ0v) is 17.3. The standard InChI is InChI=1S/C24H19ClN4O2/c25-18-6-10-20(11-7-18)29-14-17(13-23(29)30)24(31)26-19-8-4-16(5-9-19)21-15-28-12-2-1-3-22(28)27-21/h1-12,15,17H,13-14H2,(H,26,31)/t17-/m0/s1. The van der Waals surface area contributed by atoms with E-state index in [-0.39, 0.29) is 18.2 Å². The number of amides is 2. The molecule has 0 bridgehead atoms. The van der Waals surface area contributed by atoms with E-state index in [1.54, 1.807) is 29.2 Å². The summed E-state index contributed by atoms with van der Waals surface area (Å²) < 4.78 is 1.97. The normalized spacial score (nSPS) is 16.1. The lowest BCUT2D eigenvalue weighted by atomic mass is 10.1. The maximum absolute atomic E-state index is 12.7. The number of anilines is 2. The number of fused-ring (bicyclic) bond motifs is 1. The van der Waals surface area contributed by atoms with Gasteiger partial charge in [-0.05, 0) is 48.5 Å². The van der Waals surface area contributed by atoms with Gasteiger partial charge in [-0.15, -0.1) is 0 Å². The number of pyridine rings is 1. The fraction of sp³-hybridized carbons (Fsp3) is 0.125. The zero-order chi connectivity index (χ0) is 21.4. The van der Waals surface area contributed by atoms with Crippen molar-refractivity contribution < 1.29 is 9.59 Å². The second kappa shape index (κ2) is 7.89. The lowest BCUT2D eigenvalue weighted by molar-refractivity contribution is -0.122. The molecule has 2 aromatic heterocycles. The van der Waals surface area contributed by atoms with Gasteiger partial charge in [0, 0.05) is 47.3 Å². The Hall–Kier alpha value is -3.64. The van der Waals surface area contributed by atoms with Crippen LogP contribution in [0.3, 0.4) is 0 Å². The predicted octanol–water partition coefficient (Wildman–Crippen LogP) is 4.65. The average Bonchev–Trinajstić information content (AvgIpc) is 3.39. The quantitative estimate of drug-likeness (QED) is 0.512. The third kappa shape index (κ3) is 3.90. The van der Waals surface area contributed by atoms with Crippen molar-refractivity contribution in [3.8, 4) is 11.3 Å². The summed E-state index contributed by atoms with van der Waals surface area (Å²) in [6.45, 7) is 0.353. The third-order valence-corrected chi connectivity index (χ3v) is 5.70. The molecule has 1 fully saturated rings. The highest BCUT2D eigenvalue weighted by atomic mass is 35.5. The van der Waals surface area contributed by atoms with E-state index in [4.69, 9.17) is 11.6 Å². The Morgan fingerprint density at radius 3 is 2.55 bits per heavy atom. The molecule has 4 aromatic rings. The fourth-order valence-corrected chi connectivity index (χ4v) is 3.92. The number of rotatable bonds is 4. The number of halogens is 1. The van der Waals surface area contributed by atoms with E-state index >= 15 is 0 Å². The van der Waals surface area contributed by atoms with Gasteiger partial charge >= 0.3 is 0 Å². The maximum atomic E-state index is 12.7. The second-order valence-electron chi connectivity index (χ2n) is 7.54. The molecule has 1 aliphatic heterocycles. The number of nitrogens with one attached hydrogen (secondary N) is 1. The first-order chi connectivity index (χ1) is 15.1. The molecule has 1 N–H and O–H groups in total. The fourth-order valence-electron chi connectivity index (χ4n) is 3.80. The summed E-state index contributed by atoms with van der Waals surface area (Å²) in [6.07, 6.45) is 4.11. The maximum Gasteiger partial charge on any atom is 0.229 e. The van der Waals surface area contributed by atoms with Gasteiger partial charge in [-0.3, -0.25) is 9.59 Å². The number of imidazole rings is 1. The molecule has 0 radical (unpaired) electrons. The number of benzene rings is 2. The molecular weight excluding hydrogens is 412 g/mol. The minimum Gasteiger partial charge on any atom is -0.326 e. The highest BCUT2D eigenvalue weighted by Crippen LogP contribution is 2.27. The van der Waals surface area contributed by atoms with Crippen molar-refractivity contribution in [2.75, 3.05) is 16.8 Å². The van der Waals surface area contributed by atoms with Crippen LogP contribution in [0, 0.1) is 5.92 Å². The summed E-state index contributed by atoms with van der Waals surface area (Å²) in [7, 11) is 0. The van der Waals surface area contributed by atoms with Gasteiger partial charge < -0.3 is 14.6 Å². The van der Waals surface area contributed by atoms with E-state index in [0.29, 0.717) is 17.3 Å². The molecule has 1 aliphatic rings. The molecule has 1 atom stereocenters. The molecule has 0 aliphatic carbocycles. The zero-order valence-electron chi connectivity index (χ0n) is 16.5. The van der Waals surface area contributed by atoms with Crippen LogP contribution in [0.4, 0.5) is 11.4 Å². The SMILES string of the molecule is O=C(Nc1ccc(-c2cn3ccccc3n2)cc1)[C@H]1CC(=O)N(c2ccc(Cl)cc2)C1. The molecule has 0 spiro atoms. The number of hydrogen-bond donors (Lipinski definition) is 1. The van der Waals surface area contributed by atoms with Crippen LogP contribution in [-0.2, 0) is 9.59 Å². The topological polar surface area (TPSA) is 66.7 Å². The van der Waals surface area contributed by atoms with Gasteiger partial charge in [-0.2, -0.15) is 0 Å². The van der Waals surface area contributed by atoms with Crippen molar-refractivity contribution >= 4 is 40.4 Å². The molecule has 0 saturated carbocycles. The summed E-state index contributed by atoms with van der Waals surface area (Å²) in [4.78, 5) is 31.4. The van der Waals surface area contributed by atoms with Gasteiger partial charge in [0.1, 0.15) is 5.65 Å². The van der Waals surface area contributed by atoms with Gasteiger partial charge in [-0.1, -0.05) is 29.8 Å². The molecule has 31 heavy (non-hydrogen) atoms.